The Hall–Kier alpha value is 0.580. The second-order valence-electron chi connectivity index (χ2n) is 6.26. The van der Waals surface area contributed by atoms with Gasteiger partial charge in [-0.1, -0.05) is 12.8 Å². The highest BCUT2D eigenvalue weighted by Gasteiger charge is 2.38. The average Bonchev–Trinajstić information content (AvgIpc) is 3.02. The lowest BCUT2D eigenvalue weighted by atomic mass is 9.77. The van der Waals surface area contributed by atoms with Crippen molar-refractivity contribution >= 4 is 43.2 Å². The lowest BCUT2D eigenvalue weighted by Gasteiger charge is -2.42. The minimum atomic E-state index is 0.390. The van der Waals surface area contributed by atoms with Crippen LogP contribution in [0.1, 0.15) is 49.4 Å². The van der Waals surface area contributed by atoms with Gasteiger partial charge in [0.25, 0.3) is 0 Å². The van der Waals surface area contributed by atoms with Crippen LogP contribution in [-0.2, 0) is 0 Å². The summed E-state index contributed by atoms with van der Waals surface area (Å²) in [6.07, 6.45) is 8.57. The van der Waals surface area contributed by atoms with Gasteiger partial charge in [0, 0.05) is 15.9 Å². The van der Waals surface area contributed by atoms with Gasteiger partial charge in [0.05, 0.1) is 9.83 Å². The lowest BCUT2D eigenvalue weighted by Crippen LogP contribution is -2.42. The van der Waals surface area contributed by atoms with E-state index in [-0.39, 0.29) is 0 Å². The fourth-order valence-corrected chi connectivity index (χ4v) is 6.15. The minimum Gasteiger partial charge on any atom is -0.329 e. The molecule has 2 nitrogen and oxygen atoms in total. The second-order valence-corrected chi connectivity index (χ2v) is 9.52. The van der Waals surface area contributed by atoms with E-state index < -0.39 is 0 Å². The molecule has 1 saturated heterocycles. The Morgan fingerprint density at radius 3 is 2.35 bits per heavy atom. The molecule has 2 N–H and O–H groups in total. The van der Waals surface area contributed by atoms with Crippen LogP contribution in [0.25, 0.3) is 0 Å². The number of halogens is 2. The molecular formula is C15H22Br2N2S. The van der Waals surface area contributed by atoms with Gasteiger partial charge in [0.1, 0.15) is 0 Å². The maximum atomic E-state index is 6.07. The third kappa shape index (κ3) is 3.02. The molecule has 0 radical (unpaired) electrons. The van der Waals surface area contributed by atoms with Crippen LogP contribution >= 0.6 is 43.2 Å². The van der Waals surface area contributed by atoms with Gasteiger partial charge < -0.3 is 5.73 Å². The molecule has 1 unspecified atom stereocenters. The Morgan fingerprint density at radius 2 is 1.85 bits per heavy atom. The summed E-state index contributed by atoms with van der Waals surface area (Å²) in [6, 6.07) is 2.62. The second kappa shape index (κ2) is 6.37. The van der Waals surface area contributed by atoms with Crippen LogP contribution in [0.3, 0.4) is 0 Å². The number of nitrogens with two attached hydrogens (primary N) is 1. The zero-order chi connectivity index (χ0) is 14.2. The van der Waals surface area contributed by atoms with Gasteiger partial charge in [-0.3, -0.25) is 4.90 Å². The summed E-state index contributed by atoms with van der Waals surface area (Å²) in [5, 5.41) is 0. The number of hydrogen-bond acceptors (Lipinski definition) is 3. The van der Waals surface area contributed by atoms with Crippen LogP contribution in [-0.4, -0.2) is 24.5 Å². The third-order valence-corrected chi connectivity index (χ3v) is 8.54. The van der Waals surface area contributed by atoms with Crippen LogP contribution in [0, 0.1) is 5.41 Å². The maximum absolute atomic E-state index is 6.07. The minimum absolute atomic E-state index is 0.390. The summed E-state index contributed by atoms with van der Waals surface area (Å²) >= 11 is 9.00. The van der Waals surface area contributed by atoms with Crippen LogP contribution in [0.15, 0.2) is 14.3 Å². The van der Waals surface area contributed by atoms with Crippen LogP contribution in [0.2, 0.25) is 0 Å². The Morgan fingerprint density at radius 1 is 1.20 bits per heavy atom. The van der Waals surface area contributed by atoms with Gasteiger partial charge in [-0.15, -0.1) is 11.3 Å². The molecule has 1 aromatic rings. The number of nitrogens with zero attached hydrogens (tertiary/aromatic N) is 1. The molecular weight excluding hydrogens is 400 g/mol. The van der Waals surface area contributed by atoms with Gasteiger partial charge >= 0.3 is 0 Å². The van der Waals surface area contributed by atoms with Crippen molar-refractivity contribution in [2.75, 3.05) is 19.6 Å². The standard InChI is InChI=1S/C15H22Br2N2S/c16-11-9-13(20-14(11)17)12(10-18)19-7-5-15(6-8-19)3-1-2-4-15/h9,12H,1-8,10,18H2. The Labute approximate surface area is 142 Å². The molecule has 0 bridgehead atoms. The van der Waals surface area contributed by atoms with E-state index in [1.807, 2.05) is 11.3 Å². The number of rotatable bonds is 3. The van der Waals surface area contributed by atoms with Crippen LogP contribution in [0.4, 0.5) is 0 Å². The van der Waals surface area contributed by atoms with Crippen molar-refractivity contribution in [1.82, 2.24) is 4.90 Å². The molecule has 1 aliphatic carbocycles. The van der Waals surface area contributed by atoms with Crippen molar-refractivity contribution < 1.29 is 0 Å². The van der Waals surface area contributed by atoms with Gasteiger partial charge in [-0.2, -0.15) is 0 Å². The quantitative estimate of drug-likeness (QED) is 0.749. The van der Waals surface area contributed by atoms with E-state index in [0.29, 0.717) is 18.0 Å². The molecule has 2 heterocycles. The van der Waals surface area contributed by atoms with Crippen molar-refractivity contribution in [3.8, 4) is 0 Å². The molecule has 112 valence electrons. The molecule has 3 rings (SSSR count). The molecule has 1 spiro atoms. The summed E-state index contributed by atoms with van der Waals surface area (Å²) in [6.45, 7) is 3.15. The smallest absolute Gasteiger partial charge is 0.0843 e. The van der Waals surface area contributed by atoms with E-state index in [2.05, 4.69) is 42.8 Å². The first kappa shape index (κ1) is 15.5. The molecule has 1 atom stereocenters. The largest absolute Gasteiger partial charge is 0.329 e. The Balaban J connectivity index is 1.68. The summed E-state index contributed by atoms with van der Waals surface area (Å²) < 4.78 is 2.33. The SMILES string of the molecule is NCC(c1cc(Br)c(Br)s1)N1CCC2(CCCC2)CC1. The summed E-state index contributed by atoms with van der Waals surface area (Å²) in [7, 11) is 0. The fourth-order valence-electron chi connectivity index (χ4n) is 3.91. The van der Waals surface area contributed by atoms with Crippen LogP contribution < -0.4 is 5.73 Å². The summed E-state index contributed by atoms with van der Waals surface area (Å²) in [5.41, 5.74) is 6.76. The normalized spacial score (nSPS) is 24.4. The molecule has 20 heavy (non-hydrogen) atoms. The molecule has 2 fully saturated rings. The zero-order valence-electron chi connectivity index (χ0n) is 11.7. The Kier molecular flexibility index (Phi) is 4.93. The number of likely N-dealkylation sites (tertiary alicyclic amines) is 1. The molecule has 2 aliphatic rings. The molecule has 1 saturated carbocycles. The topological polar surface area (TPSA) is 29.3 Å². The predicted octanol–water partition coefficient (Wildman–Crippen LogP) is 4.93. The van der Waals surface area contributed by atoms with E-state index in [0.717, 1.165) is 4.47 Å². The molecule has 5 heteroatoms. The van der Waals surface area contributed by atoms with Crippen molar-refractivity contribution in [3.63, 3.8) is 0 Å². The Bertz CT molecular complexity index is 439. The zero-order valence-corrected chi connectivity index (χ0v) is 15.7. The van der Waals surface area contributed by atoms with Crippen molar-refractivity contribution in [2.45, 2.75) is 44.6 Å². The van der Waals surface area contributed by atoms with E-state index in [4.69, 9.17) is 5.73 Å². The van der Waals surface area contributed by atoms with E-state index in [1.54, 1.807) is 0 Å². The predicted molar refractivity (Wildman–Crippen MR) is 93.2 cm³/mol. The monoisotopic (exact) mass is 420 g/mol. The van der Waals surface area contributed by atoms with E-state index in [9.17, 15) is 0 Å². The lowest BCUT2D eigenvalue weighted by molar-refractivity contribution is 0.0791. The average molecular weight is 422 g/mol. The molecule has 0 amide bonds. The van der Waals surface area contributed by atoms with E-state index in [1.165, 1.54) is 60.3 Å². The number of hydrogen-bond donors (Lipinski definition) is 1. The van der Waals surface area contributed by atoms with Gasteiger partial charge in [0.15, 0.2) is 0 Å². The highest BCUT2D eigenvalue weighted by molar-refractivity contribution is 9.13. The first-order chi connectivity index (χ1) is 9.63. The molecule has 1 aliphatic heterocycles. The van der Waals surface area contributed by atoms with Gasteiger partial charge in [-0.25, -0.2) is 0 Å². The van der Waals surface area contributed by atoms with E-state index >= 15 is 0 Å². The fraction of sp³-hybridized carbons (Fsp3) is 0.733. The molecule has 0 aromatic carbocycles. The highest BCUT2D eigenvalue weighted by atomic mass is 79.9. The summed E-state index contributed by atoms with van der Waals surface area (Å²) in [4.78, 5) is 3.99. The summed E-state index contributed by atoms with van der Waals surface area (Å²) in [5.74, 6) is 0. The molecule has 1 aromatic heterocycles. The van der Waals surface area contributed by atoms with Crippen LogP contribution in [0.5, 0.6) is 0 Å². The third-order valence-electron chi connectivity index (χ3n) is 5.18. The van der Waals surface area contributed by atoms with Crippen molar-refractivity contribution in [3.05, 3.63) is 19.2 Å². The van der Waals surface area contributed by atoms with Gasteiger partial charge in [-0.05, 0) is 82.1 Å². The highest BCUT2D eigenvalue weighted by Crippen LogP contribution is 2.47. The maximum Gasteiger partial charge on any atom is 0.0843 e. The van der Waals surface area contributed by atoms with Crippen molar-refractivity contribution in [2.24, 2.45) is 11.1 Å². The first-order valence-electron chi connectivity index (χ1n) is 7.52. The number of piperidine rings is 1. The number of thiophene rings is 1. The first-order valence-corrected chi connectivity index (χ1v) is 9.93. The van der Waals surface area contributed by atoms with Crippen molar-refractivity contribution in [1.29, 1.82) is 0 Å². The van der Waals surface area contributed by atoms with Gasteiger partial charge in [0.2, 0.25) is 0 Å².